The zero-order valence-corrected chi connectivity index (χ0v) is 11.3. The van der Waals surface area contributed by atoms with Crippen LogP contribution in [-0.4, -0.2) is 17.9 Å². The number of hydrogen-bond acceptors (Lipinski definition) is 2. The number of hydrogen-bond donors (Lipinski definition) is 0. The molecule has 1 heterocycles. The third kappa shape index (κ3) is 3.18. The Morgan fingerprint density at radius 1 is 1.41 bits per heavy atom. The van der Waals surface area contributed by atoms with Crippen LogP contribution in [0.3, 0.4) is 0 Å². The summed E-state index contributed by atoms with van der Waals surface area (Å²) in [5.41, 5.74) is 3.60. The predicted octanol–water partition coefficient (Wildman–Crippen LogP) is 3.45. The third-order valence-corrected chi connectivity index (χ3v) is 3.25. The van der Waals surface area contributed by atoms with Gasteiger partial charge in [0.05, 0.1) is 5.76 Å². The highest BCUT2D eigenvalue weighted by Gasteiger charge is 2.11. The summed E-state index contributed by atoms with van der Waals surface area (Å²) >= 11 is 0. The first kappa shape index (κ1) is 12.3. The van der Waals surface area contributed by atoms with Crippen molar-refractivity contribution >= 4 is 21.5 Å². The molecule has 3 heteroatoms. The number of benzene rings is 1. The third-order valence-electron chi connectivity index (χ3n) is 2.84. The first-order valence-electron chi connectivity index (χ1n) is 5.75. The van der Waals surface area contributed by atoms with Gasteiger partial charge in [0.2, 0.25) is 0 Å². The summed E-state index contributed by atoms with van der Waals surface area (Å²) in [5.74, 6) is 1.05. The van der Waals surface area contributed by atoms with E-state index >= 15 is 0 Å². The molecule has 1 aliphatic rings. The van der Waals surface area contributed by atoms with E-state index in [0.29, 0.717) is 6.73 Å². The van der Waals surface area contributed by atoms with Crippen LogP contribution in [0, 0.1) is 6.92 Å². The Morgan fingerprint density at radius 2 is 2.24 bits per heavy atom. The van der Waals surface area contributed by atoms with Crippen molar-refractivity contribution in [3.05, 3.63) is 47.2 Å². The molecule has 0 amide bonds. The summed E-state index contributed by atoms with van der Waals surface area (Å²) < 4.78 is 7.75. The van der Waals surface area contributed by atoms with Gasteiger partial charge in [-0.2, -0.15) is 0 Å². The lowest BCUT2D eigenvalue weighted by Crippen LogP contribution is -2.23. The van der Waals surface area contributed by atoms with Crippen LogP contribution in [0.25, 0.3) is 12.2 Å². The number of rotatable bonds is 2. The number of aryl methyl sites for hydroxylation is 1. The maximum absolute atomic E-state index is 5.67. The molecule has 17 heavy (non-hydrogen) atoms. The largest absolute Gasteiger partial charge is 0.482 e. The number of ether oxygens (including phenoxy) is 1. The first-order valence-corrected chi connectivity index (χ1v) is 6.27. The van der Waals surface area contributed by atoms with Crippen LogP contribution in [0.15, 0.2) is 30.5 Å². The molecule has 0 saturated carbocycles. The van der Waals surface area contributed by atoms with Gasteiger partial charge < -0.3 is 4.74 Å². The van der Waals surface area contributed by atoms with Crippen LogP contribution in [-0.2, 0) is 4.74 Å². The van der Waals surface area contributed by atoms with Crippen molar-refractivity contribution in [1.82, 2.24) is 4.67 Å². The highest BCUT2D eigenvalue weighted by atomic mass is 31.0. The summed E-state index contributed by atoms with van der Waals surface area (Å²) in [6.45, 7) is 7.61. The molecule has 0 radical (unpaired) electrons. The van der Waals surface area contributed by atoms with E-state index in [4.69, 9.17) is 4.74 Å². The van der Waals surface area contributed by atoms with Crippen LogP contribution in [0.5, 0.6) is 0 Å². The highest BCUT2D eigenvalue weighted by molar-refractivity contribution is 7.13. The first-order chi connectivity index (χ1) is 8.19. The van der Waals surface area contributed by atoms with Crippen LogP contribution >= 0.6 is 9.39 Å². The Hall–Kier alpha value is -1.11. The van der Waals surface area contributed by atoms with E-state index < -0.39 is 0 Å². The van der Waals surface area contributed by atoms with Gasteiger partial charge in [0.25, 0.3) is 0 Å². The second kappa shape index (κ2) is 5.48. The van der Waals surface area contributed by atoms with Crippen molar-refractivity contribution in [2.45, 2.75) is 13.3 Å². The van der Waals surface area contributed by atoms with E-state index in [1.54, 1.807) is 0 Å². The maximum atomic E-state index is 5.67. The van der Waals surface area contributed by atoms with Crippen LogP contribution in [0.4, 0.5) is 0 Å². The molecule has 90 valence electrons. The lowest BCUT2D eigenvalue weighted by molar-refractivity contribution is 0.0958. The monoisotopic (exact) mass is 247 g/mol. The van der Waals surface area contributed by atoms with Gasteiger partial charge in [-0.05, 0) is 24.1 Å². The fraction of sp³-hybridized carbons (Fsp3) is 0.286. The zero-order chi connectivity index (χ0) is 12.3. The lowest BCUT2D eigenvalue weighted by Gasteiger charge is -2.24. The molecule has 1 unspecified atom stereocenters. The molecule has 0 spiro atoms. The zero-order valence-electron chi connectivity index (χ0n) is 10.1. The molecular formula is C14H18NOP. The Balaban J connectivity index is 2.25. The van der Waals surface area contributed by atoms with Crippen molar-refractivity contribution in [2.24, 2.45) is 0 Å². The summed E-state index contributed by atoms with van der Waals surface area (Å²) in [5, 5.41) is 0. The summed E-state index contributed by atoms with van der Waals surface area (Å²) in [7, 11) is 2.66. The molecule has 0 aliphatic carbocycles. The van der Waals surface area contributed by atoms with Crippen LogP contribution in [0.2, 0.25) is 0 Å². The standard InChI is InChI=1S/C14H18NOP/c1-3-12-5-4-11(2)8-13(12)9-14-6-7-15(17)10-16-14/h3-5,8-9H,1,6-7,10,17H2,2H3/b14-9+. The molecule has 0 aromatic heterocycles. The molecule has 0 N–H and O–H groups in total. The molecule has 1 aliphatic heterocycles. The molecule has 1 atom stereocenters. The normalized spacial score (nSPS) is 19.1. The summed E-state index contributed by atoms with van der Waals surface area (Å²) in [4.78, 5) is 0. The second-order valence-corrected chi connectivity index (χ2v) is 5.01. The SMILES string of the molecule is C=Cc1ccc(C)cc1/C=C1\CCN(P)CO1. The second-order valence-electron chi connectivity index (χ2n) is 4.28. The van der Waals surface area contributed by atoms with Crippen molar-refractivity contribution in [3.8, 4) is 0 Å². The molecular weight excluding hydrogens is 229 g/mol. The smallest absolute Gasteiger partial charge is 0.144 e. The highest BCUT2D eigenvalue weighted by Crippen LogP contribution is 2.22. The minimum atomic E-state index is 0.645. The van der Waals surface area contributed by atoms with Crippen molar-refractivity contribution in [3.63, 3.8) is 0 Å². The number of nitrogens with zero attached hydrogens (tertiary/aromatic N) is 1. The van der Waals surface area contributed by atoms with Crippen molar-refractivity contribution < 1.29 is 4.74 Å². The topological polar surface area (TPSA) is 12.5 Å². The summed E-state index contributed by atoms with van der Waals surface area (Å²) in [6, 6.07) is 6.37. The van der Waals surface area contributed by atoms with E-state index in [1.165, 1.54) is 11.1 Å². The Kier molecular flexibility index (Phi) is 3.98. The van der Waals surface area contributed by atoms with E-state index in [0.717, 1.165) is 24.3 Å². The molecule has 0 bridgehead atoms. The average Bonchev–Trinajstić information content (AvgIpc) is 2.32. The molecule has 1 saturated heterocycles. The van der Waals surface area contributed by atoms with E-state index in [9.17, 15) is 0 Å². The Morgan fingerprint density at radius 3 is 2.88 bits per heavy atom. The van der Waals surface area contributed by atoms with Gasteiger partial charge in [-0.1, -0.05) is 45.8 Å². The van der Waals surface area contributed by atoms with Crippen LogP contribution < -0.4 is 0 Å². The molecule has 2 nitrogen and oxygen atoms in total. The average molecular weight is 247 g/mol. The summed E-state index contributed by atoms with van der Waals surface area (Å²) in [6.07, 6.45) is 4.96. The van der Waals surface area contributed by atoms with Gasteiger partial charge in [0.1, 0.15) is 6.73 Å². The van der Waals surface area contributed by atoms with E-state index in [-0.39, 0.29) is 0 Å². The molecule has 1 aromatic rings. The minimum absolute atomic E-state index is 0.645. The van der Waals surface area contributed by atoms with Crippen molar-refractivity contribution in [1.29, 1.82) is 0 Å². The predicted molar refractivity (Wildman–Crippen MR) is 76.2 cm³/mol. The van der Waals surface area contributed by atoms with Gasteiger partial charge in [-0.3, -0.25) is 4.67 Å². The molecule has 2 rings (SSSR count). The van der Waals surface area contributed by atoms with Crippen molar-refractivity contribution in [2.75, 3.05) is 13.3 Å². The van der Waals surface area contributed by atoms with Gasteiger partial charge >= 0.3 is 0 Å². The van der Waals surface area contributed by atoms with Gasteiger partial charge in [-0.15, -0.1) is 0 Å². The Labute approximate surface area is 105 Å². The fourth-order valence-corrected chi connectivity index (χ4v) is 2.05. The quantitative estimate of drug-likeness (QED) is 0.742. The lowest BCUT2D eigenvalue weighted by atomic mass is 10.0. The van der Waals surface area contributed by atoms with E-state index in [2.05, 4.69) is 51.8 Å². The van der Waals surface area contributed by atoms with Gasteiger partial charge in [0, 0.05) is 13.0 Å². The van der Waals surface area contributed by atoms with Crippen LogP contribution in [0.1, 0.15) is 23.1 Å². The minimum Gasteiger partial charge on any atom is -0.482 e. The Bertz CT molecular complexity index is 444. The van der Waals surface area contributed by atoms with Gasteiger partial charge in [0.15, 0.2) is 0 Å². The molecule has 1 fully saturated rings. The molecule has 1 aromatic carbocycles. The maximum Gasteiger partial charge on any atom is 0.144 e. The van der Waals surface area contributed by atoms with Gasteiger partial charge in [-0.25, -0.2) is 0 Å². The fourth-order valence-electron chi connectivity index (χ4n) is 1.85. The van der Waals surface area contributed by atoms with E-state index in [1.807, 2.05) is 6.08 Å².